The van der Waals surface area contributed by atoms with Gasteiger partial charge in [-0.2, -0.15) is 0 Å². The molecule has 0 radical (unpaired) electrons. The van der Waals surface area contributed by atoms with Crippen molar-refractivity contribution in [2.24, 2.45) is 0 Å². The van der Waals surface area contributed by atoms with E-state index in [4.69, 9.17) is 23.2 Å². The van der Waals surface area contributed by atoms with E-state index in [2.05, 4.69) is 5.32 Å². The van der Waals surface area contributed by atoms with Gasteiger partial charge < -0.3 is 10.2 Å². The third-order valence-electron chi connectivity index (χ3n) is 5.03. The first-order chi connectivity index (χ1) is 12.5. The van der Waals surface area contributed by atoms with Crippen molar-refractivity contribution in [1.82, 2.24) is 10.2 Å². The summed E-state index contributed by atoms with van der Waals surface area (Å²) in [4.78, 5) is 27.1. The normalized spacial score (nSPS) is 16.2. The molecule has 0 aromatic heterocycles. The minimum absolute atomic E-state index is 0.0772. The Balaban J connectivity index is 2.19. The van der Waals surface area contributed by atoms with Gasteiger partial charge in [0.05, 0.1) is 0 Å². The van der Waals surface area contributed by atoms with E-state index in [1.54, 1.807) is 30.0 Å². The molecule has 4 nitrogen and oxygen atoms in total. The van der Waals surface area contributed by atoms with Gasteiger partial charge in [-0.05, 0) is 31.4 Å². The second-order valence-corrected chi connectivity index (χ2v) is 7.66. The standard InChI is InChI=1S/C20H28Cl2N2O2/c1-3-18(20(26)23-14-9-6-5-7-10-14)24(19(25)4-2)13-15-16(21)11-8-12-17(15)22/h8,11-12,14,18H,3-7,9-10,13H2,1-2H3,(H,23,26)/t18-/m0/s1. The molecule has 0 saturated heterocycles. The van der Waals surface area contributed by atoms with Crippen LogP contribution in [0.2, 0.25) is 10.0 Å². The number of amides is 2. The van der Waals surface area contributed by atoms with E-state index in [0.717, 1.165) is 25.7 Å². The summed E-state index contributed by atoms with van der Waals surface area (Å²) in [5.41, 5.74) is 0.682. The molecule has 1 N–H and O–H groups in total. The molecule has 1 aliphatic carbocycles. The lowest BCUT2D eigenvalue weighted by Crippen LogP contribution is -2.51. The molecule has 0 unspecified atom stereocenters. The first-order valence-electron chi connectivity index (χ1n) is 9.50. The Labute approximate surface area is 166 Å². The third kappa shape index (κ3) is 5.37. The maximum atomic E-state index is 12.9. The van der Waals surface area contributed by atoms with Crippen molar-refractivity contribution in [3.05, 3.63) is 33.8 Å². The van der Waals surface area contributed by atoms with Crippen molar-refractivity contribution >= 4 is 35.0 Å². The van der Waals surface area contributed by atoms with Crippen LogP contribution in [-0.4, -0.2) is 28.8 Å². The lowest BCUT2D eigenvalue weighted by Gasteiger charge is -2.33. The molecule has 26 heavy (non-hydrogen) atoms. The van der Waals surface area contributed by atoms with Gasteiger partial charge in [-0.1, -0.05) is 62.4 Å². The fraction of sp³-hybridized carbons (Fsp3) is 0.600. The Bertz CT molecular complexity index is 610. The Hall–Kier alpha value is -1.26. The van der Waals surface area contributed by atoms with Crippen molar-refractivity contribution in [2.75, 3.05) is 0 Å². The number of halogens is 2. The van der Waals surface area contributed by atoms with Crippen LogP contribution >= 0.6 is 23.2 Å². The van der Waals surface area contributed by atoms with E-state index in [1.807, 2.05) is 6.92 Å². The van der Waals surface area contributed by atoms with Gasteiger partial charge in [0.25, 0.3) is 0 Å². The zero-order chi connectivity index (χ0) is 19.1. The molecule has 2 rings (SSSR count). The molecule has 1 saturated carbocycles. The Morgan fingerprint density at radius 1 is 1.15 bits per heavy atom. The number of benzene rings is 1. The van der Waals surface area contributed by atoms with Gasteiger partial charge in [0, 0.05) is 34.6 Å². The highest BCUT2D eigenvalue weighted by Crippen LogP contribution is 2.27. The van der Waals surface area contributed by atoms with Gasteiger partial charge in [0.2, 0.25) is 11.8 Å². The molecule has 6 heteroatoms. The highest BCUT2D eigenvalue weighted by Gasteiger charge is 2.30. The van der Waals surface area contributed by atoms with Gasteiger partial charge in [-0.25, -0.2) is 0 Å². The number of carbonyl (C=O) groups is 2. The van der Waals surface area contributed by atoms with Crippen LogP contribution in [-0.2, 0) is 16.1 Å². The molecular weight excluding hydrogens is 371 g/mol. The van der Waals surface area contributed by atoms with E-state index >= 15 is 0 Å². The molecule has 144 valence electrons. The van der Waals surface area contributed by atoms with E-state index < -0.39 is 6.04 Å². The predicted molar refractivity (Wildman–Crippen MR) is 106 cm³/mol. The fourth-order valence-electron chi connectivity index (χ4n) is 3.52. The summed E-state index contributed by atoms with van der Waals surface area (Å²) in [5.74, 6) is -0.156. The molecular formula is C20H28Cl2N2O2. The Kier molecular flexibility index (Phi) is 8.23. The monoisotopic (exact) mass is 398 g/mol. The van der Waals surface area contributed by atoms with Crippen LogP contribution in [0.25, 0.3) is 0 Å². The maximum absolute atomic E-state index is 12.9. The van der Waals surface area contributed by atoms with Crippen molar-refractivity contribution in [1.29, 1.82) is 0 Å². The number of hydrogen-bond donors (Lipinski definition) is 1. The Morgan fingerprint density at radius 2 is 1.77 bits per heavy atom. The highest BCUT2D eigenvalue weighted by atomic mass is 35.5. The summed E-state index contributed by atoms with van der Waals surface area (Å²) in [6.45, 7) is 3.96. The number of rotatable bonds is 7. The quantitative estimate of drug-likeness (QED) is 0.705. The average molecular weight is 399 g/mol. The summed E-state index contributed by atoms with van der Waals surface area (Å²) in [6.07, 6.45) is 6.43. The minimum atomic E-state index is -0.517. The van der Waals surface area contributed by atoms with Crippen LogP contribution < -0.4 is 5.32 Å². The molecule has 1 aromatic rings. The molecule has 2 amide bonds. The average Bonchev–Trinajstić information content (AvgIpc) is 2.64. The van der Waals surface area contributed by atoms with Gasteiger partial charge in [-0.15, -0.1) is 0 Å². The summed E-state index contributed by atoms with van der Waals surface area (Å²) in [6, 6.07) is 4.97. The molecule has 0 bridgehead atoms. The van der Waals surface area contributed by atoms with Gasteiger partial charge >= 0.3 is 0 Å². The predicted octanol–water partition coefficient (Wildman–Crippen LogP) is 4.96. The molecule has 1 fully saturated rings. The topological polar surface area (TPSA) is 49.4 Å². The molecule has 0 aliphatic heterocycles. The number of nitrogens with one attached hydrogen (secondary N) is 1. The zero-order valence-electron chi connectivity index (χ0n) is 15.6. The molecule has 1 aromatic carbocycles. The van der Waals surface area contributed by atoms with Gasteiger partial charge in [0.1, 0.15) is 6.04 Å². The van der Waals surface area contributed by atoms with Crippen molar-refractivity contribution < 1.29 is 9.59 Å². The van der Waals surface area contributed by atoms with Crippen LogP contribution in [0.5, 0.6) is 0 Å². The summed E-state index contributed by atoms with van der Waals surface area (Å²) in [5, 5.41) is 4.16. The fourth-order valence-corrected chi connectivity index (χ4v) is 4.04. The van der Waals surface area contributed by atoms with Crippen molar-refractivity contribution in [2.45, 2.75) is 77.4 Å². The van der Waals surface area contributed by atoms with Crippen LogP contribution in [0.4, 0.5) is 0 Å². The van der Waals surface area contributed by atoms with Crippen molar-refractivity contribution in [3.63, 3.8) is 0 Å². The Morgan fingerprint density at radius 3 is 2.31 bits per heavy atom. The summed E-state index contributed by atoms with van der Waals surface area (Å²) >= 11 is 12.6. The van der Waals surface area contributed by atoms with Gasteiger partial charge in [0.15, 0.2) is 0 Å². The second kappa shape index (κ2) is 10.2. The zero-order valence-corrected chi connectivity index (χ0v) is 17.1. The maximum Gasteiger partial charge on any atom is 0.243 e. The minimum Gasteiger partial charge on any atom is -0.352 e. The lowest BCUT2D eigenvalue weighted by molar-refractivity contribution is -0.141. The largest absolute Gasteiger partial charge is 0.352 e. The molecule has 0 spiro atoms. The van der Waals surface area contributed by atoms with E-state index in [0.29, 0.717) is 28.5 Å². The number of hydrogen-bond acceptors (Lipinski definition) is 2. The highest BCUT2D eigenvalue weighted by molar-refractivity contribution is 6.36. The molecule has 0 heterocycles. The lowest BCUT2D eigenvalue weighted by atomic mass is 9.95. The number of nitrogens with zero attached hydrogens (tertiary/aromatic N) is 1. The molecule has 1 aliphatic rings. The first kappa shape index (κ1) is 21.0. The van der Waals surface area contributed by atoms with Crippen LogP contribution in [0.1, 0.15) is 64.4 Å². The van der Waals surface area contributed by atoms with E-state index in [1.165, 1.54) is 6.42 Å². The first-order valence-corrected chi connectivity index (χ1v) is 10.3. The van der Waals surface area contributed by atoms with Crippen molar-refractivity contribution in [3.8, 4) is 0 Å². The molecule has 1 atom stereocenters. The SMILES string of the molecule is CCC(=O)N(Cc1c(Cl)cccc1Cl)[C@@H](CC)C(=O)NC1CCCCC1. The van der Waals surface area contributed by atoms with E-state index in [9.17, 15) is 9.59 Å². The summed E-state index contributed by atoms with van der Waals surface area (Å²) < 4.78 is 0. The number of carbonyl (C=O) groups excluding carboxylic acids is 2. The second-order valence-electron chi connectivity index (χ2n) is 6.84. The van der Waals surface area contributed by atoms with Crippen LogP contribution in [0.15, 0.2) is 18.2 Å². The third-order valence-corrected chi connectivity index (χ3v) is 5.74. The van der Waals surface area contributed by atoms with Crippen LogP contribution in [0, 0.1) is 0 Å². The smallest absolute Gasteiger partial charge is 0.243 e. The van der Waals surface area contributed by atoms with Gasteiger partial charge in [-0.3, -0.25) is 9.59 Å². The van der Waals surface area contributed by atoms with E-state index in [-0.39, 0.29) is 24.4 Å². The van der Waals surface area contributed by atoms with Crippen LogP contribution in [0.3, 0.4) is 0 Å². The summed E-state index contributed by atoms with van der Waals surface area (Å²) in [7, 11) is 0.